The highest BCUT2D eigenvalue weighted by molar-refractivity contribution is 7.46. The van der Waals surface area contributed by atoms with E-state index in [0.29, 0.717) is 54.0 Å². The lowest BCUT2D eigenvalue weighted by molar-refractivity contribution is 0.122. The van der Waals surface area contributed by atoms with Gasteiger partial charge in [-0.2, -0.15) is 0 Å². The van der Waals surface area contributed by atoms with Crippen molar-refractivity contribution >= 4 is 36.1 Å². The van der Waals surface area contributed by atoms with E-state index in [1.807, 2.05) is 6.07 Å². The number of anilines is 1. The maximum Gasteiger partial charge on any atom is 0.471 e. The smallest absolute Gasteiger partial charge is 0.378 e. The number of hydrogen-bond donors (Lipinski definition) is 2. The van der Waals surface area contributed by atoms with Crippen LogP contribution in [0.2, 0.25) is 5.02 Å². The summed E-state index contributed by atoms with van der Waals surface area (Å²) in [4.78, 5) is 38.0. The van der Waals surface area contributed by atoms with Gasteiger partial charge in [0.2, 0.25) is 0 Å². The zero-order valence-electron chi connectivity index (χ0n) is 19.5. The van der Waals surface area contributed by atoms with Crippen molar-refractivity contribution in [1.82, 2.24) is 14.1 Å². The van der Waals surface area contributed by atoms with Crippen LogP contribution in [0.15, 0.2) is 59.8 Å². The van der Waals surface area contributed by atoms with Gasteiger partial charge in [-0.05, 0) is 41.5 Å². The summed E-state index contributed by atoms with van der Waals surface area (Å²) in [7, 11) is -4.72. The standard InChI is InChI=1S/C24H23ClFN4O6P/c25-18-7-16(8-19(26)10-18)13-29-2-1-17(9-23(29)31)22-14-30(15-36-37(32,33)34)24-21(22)11-20(12-27-24)28-3-5-35-6-4-28/h1-2,7-12,14H,3-6,13,15H2,(H2,32,33,34). The molecule has 0 bridgehead atoms. The van der Waals surface area contributed by atoms with Gasteiger partial charge < -0.3 is 28.6 Å². The van der Waals surface area contributed by atoms with Crippen LogP contribution < -0.4 is 10.5 Å². The molecule has 0 amide bonds. The summed E-state index contributed by atoms with van der Waals surface area (Å²) in [6, 6.07) is 9.23. The van der Waals surface area contributed by atoms with Gasteiger partial charge in [-0.15, -0.1) is 0 Å². The number of halogens is 2. The molecule has 0 atom stereocenters. The first-order valence-electron chi connectivity index (χ1n) is 11.3. The van der Waals surface area contributed by atoms with Crippen molar-refractivity contribution in [2.24, 2.45) is 0 Å². The van der Waals surface area contributed by atoms with Crippen LogP contribution in [0, 0.1) is 5.82 Å². The monoisotopic (exact) mass is 548 g/mol. The molecule has 1 aromatic carbocycles. The minimum absolute atomic E-state index is 0.136. The highest BCUT2D eigenvalue weighted by atomic mass is 35.5. The molecule has 0 radical (unpaired) electrons. The summed E-state index contributed by atoms with van der Waals surface area (Å²) in [6.45, 7) is 2.29. The van der Waals surface area contributed by atoms with Gasteiger partial charge in [0.25, 0.3) is 5.56 Å². The van der Waals surface area contributed by atoms with Crippen LogP contribution in [0.1, 0.15) is 5.56 Å². The quantitative estimate of drug-likeness (QED) is 0.336. The molecule has 1 aliphatic rings. The molecule has 1 saturated heterocycles. The van der Waals surface area contributed by atoms with E-state index in [0.717, 1.165) is 5.69 Å². The Kier molecular flexibility index (Phi) is 7.17. The number of rotatable bonds is 7. The molecule has 0 spiro atoms. The molecule has 0 unspecified atom stereocenters. The molecule has 4 aromatic rings. The van der Waals surface area contributed by atoms with E-state index < -0.39 is 20.4 Å². The van der Waals surface area contributed by atoms with Crippen molar-refractivity contribution in [3.05, 3.63) is 81.7 Å². The minimum atomic E-state index is -4.72. The summed E-state index contributed by atoms with van der Waals surface area (Å²) < 4.78 is 38.1. The van der Waals surface area contributed by atoms with Crippen LogP contribution >= 0.6 is 19.4 Å². The van der Waals surface area contributed by atoms with Gasteiger partial charge in [0, 0.05) is 47.5 Å². The number of hydrogen-bond acceptors (Lipinski definition) is 6. The highest BCUT2D eigenvalue weighted by Gasteiger charge is 2.20. The highest BCUT2D eigenvalue weighted by Crippen LogP contribution is 2.38. The van der Waals surface area contributed by atoms with Gasteiger partial charge >= 0.3 is 7.82 Å². The van der Waals surface area contributed by atoms with Gasteiger partial charge in [-0.1, -0.05) is 11.6 Å². The Labute approximate surface area is 215 Å². The van der Waals surface area contributed by atoms with Crippen molar-refractivity contribution in [2.45, 2.75) is 13.3 Å². The predicted octanol–water partition coefficient (Wildman–Crippen LogP) is 3.61. The summed E-state index contributed by atoms with van der Waals surface area (Å²) >= 11 is 5.94. The molecule has 3 aromatic heterocycles. The second-order valence-corrected chi connectivity index (χ2v) is 10.3. The maximum atomic E-state index is 13.7. The molecule has 1 fully saturated rings. The molecule has 2 N–H and O–H groups in total. The van der Waals surface area contributed by atoms with E-state index in [1.54, 1.807) is 30.7 Å². The van der Waals surface area contributed by atoms with E-state index in [9.17, 15) is 23.5 Å². The minimum Gasteiger partial charge on any atom is -0.378 e. The molecule has 194 valence electrons. The molecule has 0 aliphatic carbocycles. The molecule has 1 aliphatic heterocycles. The van der Waals surface area contributed by atoms with Crippen LogP contribution in [-0.2, 0) is 27.1 Å². The van der Waals surface area contributed by atoms with E-state index in [2.05, 4.69) is 9.88 Å². The lowest BCUT2D eigenvalue weighted by Gasteiger charge is -2.28. The van der Waals surface area contributed by atoms with Crippen molar-refractivity contribution < 1.29 is 28.0 Å². The molecular weight excluding hydrogens is 526 g/mol. The fraction of sp³-hybridized carbons (Fsp3) is 0.250. The number of phosphoric ester groups is 1. The van der Waals surface area contributed by atoms with Gasteiger partial charge in [-0.25, -0.2) is 13.9 Å². The number of phosphoric acid groups is 1. The summed E-state index contributed by atoms with van der Waals surface area (Å²) in [6.07, 6.45) is 4.93. The number of morpholine rings is 1. The summed E-state index contributed by atoms with van der Waals surface area (Å²) in [5, 5.41) is 0.931. The molecule has 4 heterocycles. The first-order chi connectivity index (χ1) is 17.7. The van der Waals surface area contributed by atoms with Gasteiger partial charge in [0.15, 0.2) is 0 Å². The van der Waals surface area contributed by atoms with Crippen molar-refractivity contribution in [3.8, 4) is 11.1 Å². The van der Waals surface area contributed by atoms with Gasteiger partial charge in [0.05, 0.1) is 31.6 Å². The van der Waals surface area contributed by atoms with Crippen molar-refractivity contribution in [2.75, 3.05) is 31.2 Å². The number of nitrogens with zero attached hydrogens (tertiary/aromatic N) is 4. The van der Waals surface area contributed by atoms with Crippen LogP contribution in [-0.4, -0.2) is 50.2 Å². The SMILES string of the molecule is O=c1cc(-c2cn(COP(=O)(O)O)c3ncc(N4CCOCC4)cc23)ccn1Cc1cc(F)cc(Cl)c1. The van der Waals surface area contributed by atoms with E-state index in [4.69, 9.17) is 20.9 Å². The third kappa shape index (κ3) is 5.93. The molecule has 13 heteroatoms. The average molecular weight is 549 g/mol. The van der Waals surface area contributed by atoms with Crippen LogP contribution in [0.4, 0.5) is 10.1 Å². The summed E-state index contributed by atoms with van der Waals surface area (Å²) in [5.74, 6) is -0.485. The fourth-order valence-electron chi connectivity index (χ4n) is 4.33. The lowest BCUT2D eigenvalue weighted by Crippen LogP contribution is -2.36. The number of benzene rings is 1. The Hall–Kier alpha value is -3.05. The second kappa shape index (κ2) is 10.4. The number of ether oxygens (including phenoxy) is 1. The molecule has 5 rings (SSSR count). The fourth-order valence-corrected chi connectivity index (χ4v) is 4.84. The normalized spacial score (nSPS) is 14.4. The molecule has 0 saturated carbocycles. The Morgan fingerprint density at radius 2 is 1.92 bits per heavy atom. The van der Waals surface area contributed by atoms with Crippen LogP contribution in [0.5, 0.6) is 0 Å². The molecular formula is C24H23ClFN4O6P. The number of pyridine rings is 2. The molecule has 37 heavy (non-hydrogen) atoms. The first kappa shape index (κ1) is 25.6. The third-order valence-corrected chi connectivity index (χ3v) is 6.69. The largest absolute Gasteiger partial charge is 0.471 e. The topological polar surface area (TPSA) is 119 Å². The van der Waals surface area contributed by atoms with Crippen LogP contribution in [0.3, 0.4) is 0 Å². The van der Waals surface area contributed by atoms with Gasteiger partial charge in [-0.3, -0.25) is 9.32 Å². The number of aromatic nitrogens is 3. The first-order valence-corrected chi connectivity index (χ1v) is 13.2. The third-order valence-electron chi connectivity index (χ3n) is 6.02. The average Bonchev–Trinajstić information content (AvgIpc) is 3.21. The number of fused-ring (bicyclic) bond motifs is 1. The Morgan fingerprint density at radius 1 is 1.14 bits per heavy atom. The molecule has 10 nitrogen and oxygen atoms in total. The summed E-state index contributed by atoms with van der Waals surface area (Å²) in [5.41, 5.74) is 2.76. The van der Waals surface area contributed by atoms with E-state index in [-0.39, 0.29) is 17.1 Å². The maximum absolute atomic E-state index is 13.7. The van der Waals surface area contributed by atoms with E-state index in [1.165, 1.54) is 27.3 Å². The lowest BCUT2D eigenvalue weighted by atomic mass is 10.1. The second-order valence-electron chi connectivity index (χ2n) is 8.58. The zero-order chi connectivity index (χ0) is 26.2. The van der Waals surface area contributed by atoms with Gasteiger partial charge in [0.1, 0.15) is 18.2 Å². The Bertz CT molecular complexity index is 1540. The zero-order valence-corrected chi connectivity index (χ0v) is 21.1. The Morgan fingerprint density at radius 3 is 2.62 bits per heavy atom. The predicted molar refractivity (Wildman–Crippen MR) is 136 cm³/mol. The van der Waals surface area contributed by atoms with E-state index >= 15 is 0 Å². The van der Waals surface area contributed by atoms with Crippen LogP contribution in [0.25, 0.3) is 22.2 Å². The van der Waals surface area contributed by atoms with Crippen molar-refractivity contribution in [3.63, 3.8) is 0 Å². The Balaban J connectivity index is 1.54. The van der Waals surface area contributed by atoms with Crippen molar-refractivity contribution in [1.29, 1.82) is 0 Å².